The second-order valence-electron chi connectivity index (χ2n) is 6.00. The van der Waals surface area contributed by atoms with Gasteiger partial charge >= 0.3 is 0 Å². The van der Waals surface area contributed by atoms with Crippen LogP contribution in [0.2, 0.25) is 0 Å². The van der Waals surface area contributed by atoms with E-state index in [-0.39, 0.29) is 4.90 Å². The molecule has 3 rings (SSSR count). The van der Waals surface area contributed by atoms with Crippen molar-refractivity contribution in [3.8, 4) is 11.8 Å². The van der Waals surface area contributed by atoms with Crippen molar-refractivity contribution in [2.24, 2.45) is 0 Å². The van der Waals surface area contributed by atoms with Gasteiger partial charge in [-0.3, -0.25) is 0 Å². The molecule has 0 saturated heterocycles. The maximum Gasteiger partial charge on any atom is 0.243 e. The lowest BCUT2D eigenvalue weighted by molar-refractivity contribution is 0.520. The van der Waals surface area contributed by atoms with Gasteiger partial charge in [-0.25, -0.2) is 22.7 Å². The Hall–Kier alpha value is -2.95. The standard InChI is InChI=1S/C20H20N4O2S/c1-24(2)27(25,26)19-13-6-3-9-16(19)10-7-8-14-21-20-17-11-4-5-12-18(17)22-15-23-20/h3-6,9,11-13,15H,8,14H2,1-2H3,(H,21,22,23). The van der Waals surface area contributed by atoms with Gasteiger partial charge in [-0.05, 0) is 24.3 Å². The van der Waals surface area contributed by atoms with Crippen LogP contribution in [0.25, 0.3) is 10.9 Å². The van der Waals surface area contributed by atoms with Crippen molar-refractivity contribution >= 4 is 26.7 Å². The van der Waals surface area contributed by atoms with Gasteiger partial charge < -0.3 is 5.32 Å². The van der Waals surface area contributed by atoms with Crippen LogP contribution >= 0.6 is 0 Å². The molecule has 0 aliphatic carbocycles. The zero-order valence-electron chi connectivity index (χ0n) is 15.2. The van der Waals surface area contributed by atoms with Gasteiger partial charge in [0, 0.05) is 38.0 Å². The molecule has 2 aromatic carbocycles. The van der Waals surface area contributed by atoms with Crippen molar-refractivity contribution in [1.82, 2.24) is 14.3 Å². The third-order valence-corrected chi connectivity index (χ3v) is 5.83. The predicted octanol–water partition coefficient (Wildman–Crippen LogP) is 2.73. The number of fused-ring (bicyclic) bond motifs is 1. The number of nitrogens with zero attached hydrogens (tertiary/aromatic N) is 3. The highest BCUT2D eigenvalue weighted by atomic mass is 32.2. The molecule has 0 bridgehead atoms. The highest BCUT2D eigenvalue weighted by molar-refractivity contribution is 7.89. The maximum atomic E-state index is 12.4. The Labute approximate surface area is 159 Å². The fourth-order valence-electron chi connectivity index (χ4n) is 2.54. The first-order valence-corrected chi connectivity index (χ1v) is 9.88. The van der Waals surface area contributed by atoms with Crippen LogP contribution in [0.15, 0.2) is 59.8 Å². The SMILES string of the molecule is CN(C)S(=O)(=O)c1ccccc1C#CCCNc1ncnc2ccccc12. The topological polar surface area (TPSA) is 75.2 Å². The van der Waals surface area contributed by atoms with E-state index in [9.17, 15) is 8.42 Å². The molecule has 0 aliphatic heterocycles. The van der Waals surface area contributed by atoms with Crippen molar-refractivity contribution in [1.29, 1.82) is 0 Å². The van der Waals surface area contributed by atoms with Crippen LogP contribution in [-0.4, -0.2) is 43.3 Å². The van der Waals surface area contributed by atoms with Crippen molar-refractivity contribution < 1.29 is 8.42 Å². The van der Waals surface area contributed by atoms with Crippen LogP contribution in [0.4, 0.5) is 5.82 Å². The Morgan fingerprint density at radius 2 is 1.78 bits per heavy atom. The van der Waals surface area contributed by atoms with Crippen LogP contribution in [0, 0.1) is 11.8 Å². The lowest BCUT2D eigenvalue weighted by atomic mass is 10.2. The molecular weight excluding hydrogens is 360 g/mol. The van der Waals surface area contributed by atoms with Gasteiger partial charge in [0.2, 0.25) is 10.0 Å². The summed E-state index contributed by atoms with van der Waals surface area (Å²) in [6, 6.07) is 14.5. The van der Waals surface area contributed by atoms with Gasteiger partial charge in [-0.15, -0.1) is 0 Å². The normalized spacial score (nSPS) is 11.2. The van der Waals surface area contributed by atoms with Gasteiger partial charge in [-0.2, -0.15) is 0 Å². The molecule has 27 heavy (non-hydrogen) atoms. The fourth-order valence-corrected chi connectivity index (χ4v) is 3.58. The van der Waals surface area contributed by atoms with Gasteiger partial charge in [-0.1, -0.05) is 36.1 Å². The quantitative estimate of drug-likeness (QED) is 0.544. The minimum atomic E-state index is -3.52. The molecule has 6 nitrogen and oxygen atoms in total. The Balaban J connectivity index is 1.70. The predicted molar refractivity (Wildman–Crippen MR) is 107 cm³/mol. The van der Waals surface area contributed by atoms with Gasteiger partial charge in [0.05, 0.1) is 10.4 Å². The first kappa shape index (κ1) is 18.8. The van der Waals surface area contributed by atoms with Gasteiger partial charge in [0.25, 0.3) is 0 Å². The summed E-state index contributed by atoms with van der Waals surface area (Å²) in [5.41, 5.74) is 1.38. The van der Waals surface area contributed by atoms with Crippen molar-refractivity contribution in [2.75, 3.05) is 26.0 Å². The van der Waals surface area contributed by atoms with Gasteiger partial charge in [0.15, 0.2) is 0 Å². The molecular formula is C20H20N4O2S. The first-order chi connectivity index (χ1) is 13.0. The zero-order chi connectivity index (χ0) is 19.3. The number of aromatic nitrogens is 2. The van der Waals surface area contributed by atoms with Crippen LogP contribution in [0.1, 0.15) is 12.0 Å². The largest absolute Gasteiger partial charge is 0.368 e. The van der Waals surface area contributed by atoms with Crippen molar-refractivity contribution in [3.63, 3.8) is 0 Å². The van der Waals surface area contributed by atoms with E-state index in [2.05, 4.69) is 27.1 Å². The summed E-state index contributed by atoms with van der Waals surface area (Å²) in [5, 5.41) is 4.21. The van der Waals surface area contributed by atoms with E-state index in [0.29, 0.717) is 18.5 Å². The first-order valence-electron chi connectivity index (χ1n) is 8.44. The summed E-state index contributed by atoms with van der Waals surface area (Å²) in [4.78, 5) is 8.73. The Morgan fingerprint density at radius 1 is 1.04 bits per heavy atom. The van der Waals surface area contributed by atoms with E-state index in [0.717, 1.165) is 16.7 Å². The Kier molecular flexibility index (Phi) is 5.69. The molecule has 3 aromatic rings. The zero-order valence-corrected chi connectivity index (χ0v) is 16.0. The molecule has 0 fully saturated rings. The second-order valence-corrected chi connectivity index (χ2v) is 8.12. The molecule has 0 spiro atoms. The summed E-state index contributed by atoms with van der Waals surface area (Å²) < 4.78 is 26.0. The maximum absolute atomic E-state index is 12.4. The smallest absolute Gasteiger partial charge is 0.243 e. The molecule has 7 heteroatoms. The number of rotatable bonds is 5. The molecule has 0 aliphatic rings. The number of anilines is 1. The number of para-hydroxylation sites is 1. The summed E-state index contributed by atoms with van der Waals surface area (Å²) in [6.45, 7) is 0.594. The minimum absolute atomic E-state index is 0.220. The molecule has 1 N–H and O–H groups in total. The average molecular weight is 380 g/mol. The summed E-state index contributed by atoms with van der Waals surface area (Å²) in [6.07, 6.45) is 2.08. The fraction of sp³-hybridized carbons (Fsp3) is 0.200. The number of benzene rings is 2. The number of nitrogens with one attached hydrogen (secondary N) is 1. The van der Waals surface area contributed by atoms with Crippen LogP contribution < -0.4 is 5.32 Å². The number of sulfonamides is 1. The molecule has 0 amide bonds. The van der Waals surface area contributed by atoms with Crippen LogP contribution in [0.5, 0.6) is 0 Å². The average Bonchev–Trinajstić information content (AvgIpc) is 2.68. The van der Waals surface area contributed by atoms with Crippen molar-refractivity contribution in [3.05, 3.63) is 60.4 Å². The molecule has 1 aromatic heterocycles. The Morgan fingerprint density at radius 3 is 2.59 bits per heavy atom. The number of hydrogen-bond donors (Lipinski definition) is 1. The molecule has 0 saturated carbocycles. The molecule has 0 atom stereocenters. The summed E-state index contributed by atoms with van der Waals surface area (Å²) in [7, 11) is -0.500. The highest BCUT2D eigenvalue weighted by Crippen LogP contribution is 2.19. The van der Waals surface area contributed by atoms with Crippen molar-refractivity contribution in [2.45, 2.75) is 11.3 Å². The summed E-state index contributed by atoms with van der Waals surface area (Å²) >= 11 is 0. The van der Waals surface area contributed by atoms with E-state index in [1.165, 1.54) is 24.7 Å². The molecule has 0 radical (unpaired) electrons. The van der Waals surface area contributed by atoms with E-state index in [4.69, 9.17) is 0 Å². The Bertz CT molecular complexity index is 1110. The molecule has 0 unspecified atom stereocenters. The highest BCUT2D eigenvalue weighted by Gasteiger charge is 2.19. The third-order valence-electron chi connectivity index (χ3n) is 3.95. The van der Waals surface area contributed by atoms with Gasteiger partial charge in [0.1, 0.15) is 12.1 Å². The van der Waals surface area contributed by atoms with E-state index >= 15 is 0 Å². The van der Waals surface area contributed by atoms with Crippen LogP contribution in [-0.2, 0) is 10.0 Å². The second kappa shape index (κ2) is 8.16. The van der Waals surface area contributed by atoms with E-state index in [1.54, 1.807) is 24.3 Å². The minimum Gasteiger partial charge on any atom is -0.368 e. The van der Waals surface area contributed by atoms with Crippen LogP contribution in [0.3, 0.4) is 0 Å². The third kappa shape index (κ3) is 4.25. The summed E-state index contributed by atoms with van der Waals surface area (Å²) in [5.74, 6) is 6.76. The lowest BCUT2D eigenvalue weighted by Crippen LogP contribution is -2.23. The lowest BCUT2D eigenvalue weighted by Gasteiger charge is -2.12. The molecule has 138 valence electrons. The van der Waals surface area contributed by atoms with E-state index < -0.39 is 10.0 Å². The monoisotopic (exact) mass is 380 g/mol. The number of hydrogen-bond acceptors (Lipinski definition) is 5. The van der Waals surface area contributed by atoms with E-state index in [1.807, 2.05) is 24.3 Å². The molecule has 1 heterocycles.